The summed E-state index contributed by atoms with van der Waals surface area (Å²) in [6, 6.07) is 6.43. The number of aliphatic hydroxyl groups excluding tert-OH is 1. The maximum Gasteiger partial charge on any atom is 0.241 e. The fraction of sp³-hybridized carbons (Fsp3) is 0.500. The molecule has 0 saturated carbocycles. The summed E-state index contributed by atoms with van der Waals surface area (Å²) in [5, 5.41) is 18.2. The Kier molecular flexibility index (Phi) is 4.39. The van der Waals surface area contributed by atoms with E-state index in [1.807, 2.05) is 12.1 Å². The van der Waals surface area contributed by atoms with Crippen LogP contribution < -0.4 is 5.73 Å². The van der Waals surface area contributed by atoms with E-state index in [9.17, 15) is 9.90 Å². The first-order valence-corrected chi connectivity index (χ1v) is 6.56. The lowest BCUT2D eigenvalue weighted by Crippen LogP contribution is -2.48. The van der Waals surface area contributed by atoms with Gasteiger partial charge in [-0.2, -0.15) is 0 Å². The molecule has 0 spiro atoms. The van der Waals surface area contributed by atoms with Crippen LogP contribution in [0, 0.1) is 0 Å². The molecule has 1 fully saturated rings. The van der Waals surface area contributed by atoms with Crippen molar-refractivity contribution in [1.29, 1.82) is 0 Å². The molecule has 1 aromatic rings. The van der Waals surface area contributed by atoms with E-state index in [1.165, 1.54) is 5.56 Å². The number of aromatic hydroxyl groups is 1. The summed E-state index contributed by atoms with van der Waals surface area (Å²) in [7, 11) is 0. The van der Waals surface area contributed by atoms with E-state index >= 15 is 0 Å². The fourth-order valence-electron chi connectivity index (χ4n) is 2.49. The zero-order valence-electron chi connectivity index (χ0n) is 10.8. The first-order valence-electron chi connectivity index (χ1n) is 6.56. The van der Waals surface area contributed by atoms with Gasteiger partial charge in [0, 0.05) is 13.1 Å². The molecular formula is C14H20N2O3. The normalized spacial score (nSPS) is 18.3. The summed E-state index contributed by atoms with van der Waals surface area (Å²) in [5.74, 6) is 0.506. The van der Waals surface area contributed by atoms with Gasteiger partial charge in [0.2, 0.25) is 5.91 Å². The Morgan fingerprint density at radius 3 is 2.42 bits per heavy atom. The maximum atomic E-state index is 11.8. The Morgan fingerprint density at radius 1 is 1.32 bits per heavy atom. The predicted octanol–water partition coefficient (Wildman–Crippen LogP) is 0.418. The third kappa shape index (κ3) is 3.24. The zero-order chi connectivity index (χ0) is 13.8. The second kappa shape index (κ2) is 6.04. The summed E-state index contributed by atoms with van der Waals surface area (Å²) < 4.78 is 0. The summed E-state index contributed by atoms with van der Waals surface area (Å²) >= 11 is 0. The molecule has 0 aliphatic carbocycles. The highest BCUT2D eigenvalue weighted by atomic mass is 16.3. The highest BCUT2D eigenvalue weighted by Gasteiger charge is 2.26. The minimum Gasteiger partial charge on any atom is -0.508 e. The smallest absolute Gasteiger partial charge is 0.241 e. The average Bonchev–Trinajstić information content (AvgIpc) is 2.46. The molecule has 1 aliphatic rings. The number of carbonyl (C=O) groups excluding carboxylic acids is 1. The molecule has 0 radical (unpaired) electrons. The average molecular weight is 264 g/mol. The zero-order valence-corrected chi connectivity index (χ0v) is 10.8. The second-order valence-corrected chi connectivity index (χ2v) is 4.98. The van der Waals surface area contributed by atoms with Crippen LogP contribution in [0.3, 0.4) is 0 Å². The van der Waals surface area contributed by atoms with Crippen LogP contribution in [0.5, 0.6) is 5.75 Å². The lowest BCUT2D eigenvalue weighted by Gasteiger charge is -2.33. The number of carbonyl (C=O) groups is 1. The summed E-state index contributed by atoms with van der Waals surface area (Å²) in [6.45, 7) is 1.02. The van der Waals surface area contributed by atoms with Gasteiger partial charge in [0.25, 0.3) is 0 Å². The van der Waals surface area contributed by atoms with Gasteiger partial charge >= 0.3 is 0 Å². The van der Waals surface area contributed by atoms with Crippen molar-refractivity contribution in [3.8, 4) is 5.75 Å². The van der Waals surface area contributed by atoms with Crippen LogP contribution in [0.4, 0.5) is 0 Å². The highest BCUT2D eigenvalue weighted by Crippen LogP contribution is 2.29. The molecule has 5 nitrogen and oxygen atoms in total. The molecule has 104 valence electrons. The standard InChI is InChI=1S/C14H20N2O3/c15-13(9-17)14(19)16-7-5-11(6-8-16)10-1-3-12(18)4-2-10/h1-4,11,13,17-18H,5-9,15H2. The van der Waals surface area contributed by atoms with E-state index in [4.69, 9.17) is 10.8 Å². The van der Waals surface area contributed by atoms with E-state index in [2.05, 4.69) is 0 Å². The fourth-order valence-corrected chi connectivity index (χ4v) is 2.49. The van der Waals surface area contributed by atoms with Crippen molar-refractivity contribution in [3.63, 3.8) is 0 Å². The molecule has 1 heterocycles. The van der Waals surface area contributed by atoms with Crippen molar-refractivity contribution in [2.75, 3.05) is 19.7 Å². The van der Waals surface area contributed by atoms with E-state index in [-0.39, 0.29) is 18.3 Å². The molecular weight excluding hydrogens is 244 g/mol. The van der Waals surface area contributed by atoms with Gasteiger partial charge < -0.3 is 20.8 Å². The Balaban J connectivity index is 1.92. The Labute approximate surface area is 112 Å². The van der Waals surface area contributed by atoms with Gasteiger partial charge in [-0.3, -0.25) is 4.79 Å². The van der Waals surface area contributed by atoms with Crippen LogP contribution in [0.15, 0.2) is 24.3 Å². The number of likely N-dealkylation sites (tertiary alicyclic amines) is 1. The number of aliphatic hydroxyl groups is 1. The van der Waals surface area contributed by atoms with E-state index < -0.39 is 6.04 Å². The molecule has 1 saturated heterocycles. The van der Waals surface area contributed by atoms with Crippen molar-refractivity contribution in [2.45, 2.75) is 24.8 Å². The van der Waals surface area contributed by atoms with Crippen LogP contribution in [-0.4, -0.2) is 46.8 Å². The number of piperidine rings is 1. The van der Waals surface area contributed by atoms with Crippen molar-refractivity contribution < 1.29 is 15.0 Å². The summed E-state index contributed by atoms with van der Waals surface area (Å²) in [5.41, 5.74) is 6.73. The van der Waals surface area contributed by atoms with Crippen LogP contribution in [-0.2, 0) is 4.79 Å². The molecule has 0 bridgehead atoms. The molecule has 0 aromatic heterocycles. The third-order valence-electron chi connectivity index (χ3n) is 3.69. The maximum absolute atomic E-state index is 11.8. The van der Waals surface area contributed by atoms with Crippen LogP contribution in [0.2, 0.25) is 0 Å². The molecule has 1 atom stereocenters. The number of amides is 1. The number of nitrogens with two attached hydrogens (primary N) is 1. The molecule has 5 heteroatoms. The molecule has 19 heavy (non-hydrogen) atoms. The molecule has 1 unspecified atom stereocenters. The Bertz CT molecular complexity index is 425. The monoisotopic (exact) mass is 264 g/mol. The van der Waals surface area contributed by atoms with Crippen molar-refractivity contribution >= 4 is 5.91 Å². The first kappa shape index (κ1) is 13.8. The molecule has 4 N–H and O–H groups in total. The number of nitrogens with zero attached hydrogens (tertiary/aromatic N) is 1. The van der Waals surface area contributed by atoms with E-state index in [1.54, 1.807) is 17.0 Å². The second-order valence-electron chi connectivity index (χ2n) is 4.98. The van der Waals surface area contributed by atoms with Gasteiger partial charge in [-0.1, -0.05) is 12.1 Å². The van der Waals surface area contributed by atoms with Crippen molar-refractivity contribution in [3.05, 3.63) is 29.8 Å². The number of benzene rings is 1. The SMILES string of the molecule is NC(CO)C(=O)N1CCC(c2ccc(O)cc2)CC1. The third-order valence-corrected chi connectivity index (χ3v) is 3.69. The summed E-state index contributed by atoms with van der Waals surface area (Å²) in [4.78, 5) is 13.5. The van der Waals surface area contributed by atoms with Gasteiger partial charge in [-0.15, -0.1) is 0 Å². The number of hydrogen-bond donors (Lipinski definition) is 3. The van der Waals surface area contributed by atoms with E-state index in [0.29, 0.717) is 19.0 Å². The van der Waals surface area contributed by atoms with E-state index in [0.717, 1.165) is 12.8 Å². The topological polar surface area (TPSA) is 86.8 Å². The predicted molar refractivity (Wildman–Crippen MR) is 71.7 cm³/mol. The number of phenolic OH excluding ortho intramolecular Hbond substituents is 1. The quantitative estimate of drug-likeness (QED) is 0.738. The van der Waals surface area contributed by atoms with Crippen LogP contribution >= 0.6 is 0 Å². The number of phenols is 1. The minimum absolute atomic E-state index is 0.174. The number of rotatable bonds is 3. The van der Waals surface area contributed by atoms with Gasteiger partial charge in [0.15, 0.2) is 0 Å². The van der Waals surface area contributed by atoms with Gasteiger partial charge in [-0.05, 0) is 36.5 Å². The lowest BCUT2D eigenvalue weighted by atomic mass is 9.89. The van der Waals surface area contributed by atoms with Gasteiger partial charge in [0.05, 0.1) is 6.61 Å². The molecule has 1 aliphatic heterocycles. The lowest BCUT2D eigenvalue weighted by molar-refractivity contribution is -0.134. The highest BCUT2D eigenvalue weighted by molar-refractivity contribution is 5.81. The largest absolute Gasteiger partial charge is 0.508 e. The Hall–Kier alpha value is -1.59. The molecule has 1 aromatic carbocycles. The minimum atomic E-state index is -0.801. The van der Waals surface area contributed by atoms with Crippen LogP contribution in [0.1, 0.15) is 24.3 Å². The molecule has 2 rings (SSSR count). The van der Waals surface area contributed by atoms with Crippen LogP contribution in [0.25, 0.3) is 0 Å². The van der Waals surface area contributed by atoms with Gasteiger partial charge in [-0.25, -0.2) is 0 Å². The summed E-state index contributed by atoms with van der Waals surface area (Å²) in [6.07, 6.45) is 1.77. The number of hydrogen-bond acceptors (Lipinski definition) is 4. The van der Waals surface area contributed by atoms with Crippen molar-refractivity contribution in [2.24, 2.45) is 5.73 Å². The first-order chi connectivity index (χ1) is 9.11. The van der Waals surface area contributed by atoms with Crippen molar-refractivity contribution in [1.82, 2.24) is 4.90 Å². The Morgan fingerprint density at radius 2 is 1.89 bits per heavy atom. The molecule has 1 amide bonds. The van der Waals surface area contributed by atoms with Gasteiger partial charge in [0.1, 0.15) is 11.8 Å².